The Bertz CT molecular complexity index is 883. The Hall–Kier alpha value is -2.17. The molecule has 3 amide bonds. The van der Waals surface area contributed by atoms with E-state index in [9.17, 15) is 23.2 Å². The lowest BCUT2D eigenvalue weighted by atomic mass is 10.3. The molecule has 0 bridgehead atoms. The summed E-state index contributed by atoms with van der Waals surface area (Å²) < 4.78 is 24.6. The number of benzene rings is 1. The van der Waals surface area contributed by atoms with Gasteiger partial charge in [-0.25, -0.2) is 0 Å². The van der Waals surface area contributed by atoms with Crippen molar-refractivity contribution in [3.8, 4) is 0 Å². The molecule has 1 aliphatic rings. The van der Waals surface area contributed by atoms with Crippen molar-refractivity contribution >= 4 is 63.7 Å². The summed E-state index contributed by atoms with van der Waals surface area (Å²) in [6.45, 7) is -0.417. The zero-order chi connectivity index (χ0) is 19.4. The molecule has 3 rings (SSSR count). The second kappa shape index (κ2) is 8.68. The number of alkyl halides is 2. The van der Waals surface area contributed by atoms with Crippen LogP contribution in [0, 0.1) is 0 Å². The van der Waals surface area contributed by atoms with E-state index in [2.05, 4.69) is 5.32 Å². The molecule has 0 atom stereocenters. The number of imide groups is 1. The molecule has 1 fully saturated rings. The van der Waals surface area contributed by atoms with Crippen LogP contribution >= 0.6 is 34.9 Å². The Balaban J connectivity index is 1.60. The van der Waals surface area contributed by atoms with Crippen molar-refractivity contribution in [2.45, 2.75) is 10.7 Å². The highest BCUT2D eigenvalue weighted by molar-refractivity contribution is 8.18. The third-order valence-corrected chi connectivity index (χ3v) is 5.80. The molecular formula is C17H12F2N2O3S3. The van der Waals surface area contributed by atoms with E-state index < -0.39 is 29.4 Å². The third kappa shape index (κ3) is 5.18. The summed E-state index contributed by atoms with van der Waals surface area (Å²) in [7, 11) is 0. The van der Waals surface area contributed by atoms with Crippen molar-refractivity contribution in [2.24, 2.45) is 0 Å². The van der Waals surface area contributed by atoms with Crippen LogP contribution in [0.3, 0.4) is 0 Å². The monoisotopic (exact) mass is 426 g/mol. The van der Waals surface area contributed by atoms with Crippen molar-refractivity contribution in [1.82, 2.24) is 4.90 Å². The van der Waals surface area contributed by atoms with Crippen molar-refractivity contribution in [1.29, 1.82) is 0 Å². The van der Waals surface area contributed by atoms with Crippen LogP contribution in [0.2, 0.25) is 0 Å². The molecule has 0 aliphatic carbocycles. The molecule has 1 aliphatic heterocycles. The minimum Gasteiger partial charge on any atom is -0.325 e. The van der Waals surface area contributed by atoms with Gasteiger partial charge in [0.05, 0.1) is 4.91 Å². The van der Waals surface area contributed by atoms with Gasteiger partial charge in [-0.05, 0) is 53.5 Å². The van der Waals surface area contributed by atoms with Crippen LogP contribution in [0.4, 0.5) is 19.3 Å². The maximum Gasteiger partial charge on any atom is 0.294 e. The molecule has 140 valence electrons. The predicted octanol–water partition coefficient (Wildman–Crippen LogP) is 4.74. The van der Waals surface area contributed by atoms with Gasteiger partial charge in [-0.3, -0.25) is 19.3 Å². The molecule has 0 spiro atoms. The Labute approximate surface area is 165 Å². The molecule has 0 saturated carbocycles. The quantitative estimate of drug-likeness (QED) is 0.534. The van der Waals surface area contributed by atoms with Crippen molar-refractivity contribution in [3.05, 3.63) is 51.6 Å². The smallest absolute Gasteiger partial charge is 0.294 e. The molecule has 0 radical (unpaired) electrons. The van der Waals surface area contributed by atoms with Gasteiger partial charge in [0.2, 0.25) is 5.91 Å². The topological polar surface area (TPSA) is 66.5 Å². The second-order valence-electron chi connectivity index (χ2n) is 5.23. The lowest BCUT2D eigenvalue weighted by Gasteiger charge is -2.12. The van der Waals surface area contributed by atoms with Crippen molar-refractivity contribution in [3.63, 3.8) is 0 Å². The Morgan fingerprint density at radius 1 is 1.22 bits per heavy atom. The SMILES string of the molecule is O=C(CN1C(=O)S/C(=C\c2cccs2)C1=O)Nc1ccc(SC(F)F)cc1. The fourth-order valence-electron chi connectivity index (χ4n) is 2.20. The van der Waals surface area contributed by atoms with Crippen LogP contribution in [0.25, 0.3) is 6.08 Å². The average molecular weight is 426 g/mol. The summed E-state index contributed by atoms with van der Waals surface area (Å²) in [5.41, 5.74) is 0.389. The van der Waals surface area contributed by atoms with Crippen LogP contribution < -0.4 is 5.32 Å². The maximum absolute atomic E-state index is 12.3. The molecule has 10 heteroatoms. The van der Waals surface area contributed by atoms with Crippen LogP contribution in [0.1, 0.15) is 4.88 Å². The number of amides is 3. The summed E-state index contributed by atoms with van der Waals surface area (Å²) in [5.74, 6) is -3.59. The number of hydrogen-bond acceptors (Lipinski definition) is 6. The maximum atomic E-state index is 12.3. The van der Waals surface area contributed by atoms with Gasteiger partial charge in [-0.15, -0.1) is 11.3 Å². The number of nitrogens with zero attached hydrogens (tertiary/aromatic N) is 1. The summed E-state index contributed by atoms with van der Waals surface area (Å²) in [5, 5.41) is 3.89. The molecule has 1 N–H and O–H groups in total. The van der Waals surface area contributed by atoms with Gasteiger partial charge in [0.25, 0.3) is 16.9 Å². The summed E-state index contributed by atoms with van der Waals surface area (Å²) >= 11 is 2.62. The summed E-state index contributed by atoms with van der Waals surface area (Å²) in [4.78, 5) is 38.9. The van der Waals surface area contributed by atoms with Gasteiger partial charge < -0.3 is 5.32 Å². The summed E-state index contributed by atoms with van der Waals surface area (Å²) in [6, 6.07) is 9.52. The van der Waals surface area contributed by atoms with Crippen LogP contribution in [0.15, 0.2) is 51.6 Å². The molecule has 1 aromatic carbocycles. The number of rotatable bonds is 6. The second-order valence-corrected chi connectivity index (χ2v) is 8.27. The normalized spacial score (nSPS) is 15.8. The highest BCUT2D eigenvalue weighted by Crippen LogP contribution is 2.33. The zero-order valence-corrected chi connectivity index (χ0v) is 16.0. The minimum absolute atomic E-state index is 0.267. The van der Waals surface area contributed by atoms with Gasteiger partial charge in [-0.1, -0.05) is 17.8 Å². The number of carbonyl (C=O) groups is 3. The Morgan fingerprint density at radius 2 is 1.96 bits per heavy atom. The number of halogens is 2. The van der Waals surface area contributed by atoms with Gasteiger partial charge in [0, 0.05) is 15.5 Å². The average Bonchev–Trinajstić information content (AvgIpc) is 3.21. The number of nitrogens with one attached hydrogen (secondary N) is 1. The highest BCUT2D eigenvalue weighted by atomic mass is 32.2. The molecular weight excluding hydrogens is 414 g/mol. The van der Waals surface area contributed by atoms with Crippen LogP contribution in [-0.2, 0) is 9.59 Å². The third-order valence-electron chi connectivity index (χ3n) is 3.36. The zero-order valence-electron chi connectivity index (χ0n) is 13.6. The number of hydrogen-bond donors (Lipinski definition) is 1. The van der Waals surface area contributed by atoms with E-state index in [4.69, 9.17) is 0 Å². The standard InChI is InChI=1S/C17H12F2N2O3S3/c18-16(19)26-11-5-3-10(4-6-11)20-14(22)9-21-15(23)13(27-17(21)24)8-12-2-1-7-25-12/h1-8,16H,9H2,(H,20,22)/b13-8-. The van der Waals surface area contributed by atoms with Gasteiger partial charge in [0.1, 0.15) is 6.54 Å². The molecule has 2 heterocycles. The lowest BCUT2D eigenvalue weighted by Crippen LogP contribution is -2.36. The van der Waals surface area contributed by atoms with E-state index in [1.807, 2.05) is 17.5 Å². The van der Waals surface area contributed by atoms with E-state index >= 15 is 0 Å². The van der Waals surface area contributed by atoms with Gasteiger partial charge >= 0.3 is 0 Å². The molecule has 1 aromatic heterocycles. The first-order valence-corrected chi connectivity index (χ1v) is 10.1. The predicted molar refractivity (Wildman–Crippen MR) is 104 cm³/mol. The first-order valence-electron chi connectivity index (χ1n) is 7.56. The lowest BCUT2D eigenvalue weighted by molar-refractivity contribution is -0.127. The van der Waals surface area contributed by atoms with E-state index in [0.29, 0.717) is 22.3 Å². The first-order chi connectivity index (χ1) is 12.9. The number of thioether (sulfide) groups is 2. The van der Waals surface area contributed by atoms with Gasteiger partial charge in [0.15, 0.2) is 0 Å². The van der Waals surface area contributed by atoms with E-state index in [-0.39, 0.29) is 4.91 Å². The van der Waals surface area contributed by atoms with E-state index in [0.717, 1.165) is 21.5 Å². The van der Waals surface area contributed by atoms with Crippen LogP contribution in [0.5, 0.6) is 0 Å². The fourth-order valence-corrected chi connectivity index (χ4v) is 4.26. The summed E-state index contributed by atoms with van der Waals surface area (Å²) in [6.07, 6.45) is 1.62. The fraction of sp³-hybridized carbons (Fsp3) is 0.118. The number of anilines is 1. The number of thiophene rings is 1. The largest absolute Gasteiger partial charge is 0.325 e. The Morgan fingerprint density at radius 3 is 2.59 bits per heavy atom. The highest BCUT2D eigenvalue weighted by Gasteiger charge is 2.36. The van der Waals surface area contributed by atoms with Crippen molar-refractivity contribution in [2.75, 3.05) is 11.9 Å². The van der Waals surface area contributed by atoms with E-state index in [1.165, 1.54) is 35.6 Å². The molecule has 1 saturated heterocycles. The van der Waals surface area contributed by atoms with E-state index in [1.54, 1.807) is 6.08 Å². The molecule has 0 unspecified atom stereocenters. The Kier molecular flexibility index (Phi) is 6.30. The van der Waals surface area contributed by atoms with Crippen molar-refractivity contribution < 1.29 is 23.2 Å². The minimum atomic E-state index is -2.52. The first kappa shape index (κ1) is 19.6. The molecule has 5 nitrogen and oxygen atoms in total. The number of carbonyl (C=O) groups excluding carboxylic acids is 3. The van der Waals surface area contributed by atoms with Crippen LogP contribution in [-0.4, -0.2) is 34.3 Å². The molecule has 27 heavy (non-hydrogen) atoms. The van der Waals surface area contributed by atoms with Gasteiger partial charge in [-0.2, -0.15) is 8.78 Å². The molecule has 2 aromatic rings.